The Morgan fingerprint density at radius 3 is 2.82 bits per heavy atom. The van der Waals surface area contributed by atoms with E-state index in [1.807, 2.05) is 19.2 Å². The third kappa shape index (κ3) is 1.83. The quantitative estimate of drug-likeness (QED) is 0.768. The molecule has 60 valence electrons. The average molecular weight is 217 g/mol. The first-order valence-electron chi connectivity index (χ1n) is 3.16. The van der Waals surface area contributed by atoms with Crippen molar-refractivity contribution in [1.29, 1.82) is 0 Å². The van der Waals surface area contributed by atoms with Gasteiger partial charge in [0.05, 0.1) is 12.8 Å². The molecule has 0 fully saturated rings. The summed E-state index contributed by atoms with van der Waals surface area (Å²) in [6.45, 7) is 0. The minimum atomic E-state index is 0.599. The second-order valence-electron chi connectivity index (χ2n) is 1.94. The van der Waals surface area contributed by atoms with Gasteiger partial charge in [0.1, 0.15) is 4.60 Å². The lowest BCUT2D eigenvalue weighted by molar-refractivity contribution is 0.399. The standard InChI is InChI=1S/C7H9BrN2O/c1-9-5-3-4-6(8)10-7(5)11-2/h3-4,9H,1-2H3. The van der Waals surface area contributed by atoms with E-state index in [-0.39, 0.29) is 0 Å². The molecule has 0 bridgehead atoms. The fourth-order valence-corrected chi connectivity index (χ4v) is 1.06. The predicted octanol–water partition coefficient (Wildman–Crippen LogP) is 1.89. The molecular formula is C7H9BrN2O. The molecule has 0 aliphatic carbocycles. The van der Waals surface area contributed by atoms with Gasteiger partial charge in [-0.25, -0.2) is 4.98 Å². The zero-order chi connectivity index (χ0) is 8.27. The van der Waals surface area contributed by atoms with Crippen molar-refractivity contribution in [3.05, 3.63) is 16.7 Å². The van der Waals surface area contributed by atoms with Crippen molar-refractivity contribution < 1.29 is 4.74 Å². The van der Waals surface area contributed by atoms with E-state index in [1.54, 1.807) is 7.11 Å². The largest absolute Gasteiger partial charge is 0.479 e. The van der Waals surface area contributed by atoms with Crippen LogP contribution in [0.2, 0.25) is 0 Å². The van der Waals surface area contributed by atoms with Crippen LogP contribution in [0, 0.1) is 0 Å². The Morgan fingerprint density at radius 2 is 2.27 bits per heavy atom. The molecule has 0 saturated carbocycles. The van der Waals surface area contributed by atoms with E-state index in [0.717, 1.165) is 10.3 Å². The van der Waals surface area contributed by atoms with Gasteiger partial charge in [0, 0.05) is 7.05 Å². The molecule has 1 aromatic heterocycles. The molecule has 0 radical (unpaired) electrons. The van der Waals surface area contributed by atoms with E-state index in [4.69, 9.17) is 4.74 Å². The number of nitrogens with zero attached hydrogens (tertiary/aromatic N) is 1. The Hall–Kier alpha value is -0.770. The van der Waals surface area contributed by atoms with Gasteiger partial charge in [0.2, 0.25) is 5.88 Å². The second kappa shape index (κ2) is 3.57. The van der Waals surface area contributed by atoms with Crippen molar-refractivity contribution in [2.75, 3.05) is 19.5 Å². The van der Waals surface area contributed by atoms with Crippen molar-refractivity contribution >= 4 is 21.6 Å². The highest BCUT2D eigenvalue weighted by Crippen LogP contribution is 2.22. The van der Waals surface area contributed by atoms with Crippen LogP contribution in [0.15, 0.2) is 16.7 Å². The SMILES string of the molecule is CNc1ccc(Br)nc1OC. The van der Waals surface area contributed by atoms with E-state index < -0.39 is 0 Å². The molecule has 0 unspecified atom stereocenters. The van der Waals surface area contributed by atoms with Crippen LogP contribution < -0.4 is 10.1 Å². The number of methoxy groups -OCH3 is 1. The lowest BCUT2D eigenvalue weighted by atomic mass is 10.4. The Balaban J connectivity index is 3.06. The van der Waals surface area contributed by atoms with Crippen LogP contribution in [0.5, 0.6) is 5.88 Å². The zero-order valence-electron chi connectivity index (χ0n) is 6.39. The Kier molecular flexibility index (Phi) is 2.70. The van der Waals surface area contributed by atoms with E-state index in [9.17, 15) is 0 Å². The van der Waals surface area contributed by atoms with Gasteiger partial charge in [0.15, 0.2) is 0 Å². The molecule has 1 N–H and O–H groups in total. The Labute approximate surface area is 73.9 Å². The molecule has 0 spiro atoms. The van der Waals surface area contributed by atoms with Gasteiger partial charge in [0.25, 0.3) is 0 Å². The van der Waals surface area contributed by atoms with E-state index >= 15 is 0 Å². The first-order valence-corrected chi connectivity index (χ1v) is 3.95. The number of anilines is 1. The molecule has 1 heterocycles. The molecule has 4 heteroatoms. The van der Waals surface area contributed by atoms with Gasteiger partial charge in [-0.2, -0.15) is 0 Å². The fraction of sp³-hybridized carbons (Fsp3) is 0.286. The van der Waals surface area contributed by atoms with Crippen molar-refractivity contribution in [2.45, 2.75) is 0 Å². The van der Waals surface area contributed by atoms with E-state index in [0.29, 0.717) is 5.88 Å². The van der Waals surface area contributed by atoms with Gasteiger partial charge in [-0.3, -0.25) is 0 Å². The van der Waals surface area contributed by atoms with Gasteiger partial charge in [-0.15, -0.1) is 0 Å². The van der Waals surface area contributed by atoms with Crippen LogP contribution in [-0.2, 0) is 0 Å². The molecule has 0 amide bonds. The van der Waals surface area contributed by atoms with Crippen molar-refractivity contribution in [2.24, 2.45) is 0 Å². The summed E-state index contributed by atoms with van der Waals surface area (Å²) in [7, 11) is 3.42. The van der Waals surface area contributed by atoms with Gasteiger partial charge >= 0.3 is 0 Å². The normalized spacial score (nSPS) is 9.36. The number of ether oxygens (including phenoxy) is 1. The number of hydrogen-bond acceptors (Lipinski definition) is 3. The molecule has 3 nitrogen and oxygen atoms in total. The van der Waals surface area contributed by atoms with Crippen molar-refractivity contribution in [1.82, 2.24) is 4.98 Å². The highest BCUT2D eigenvalue weighted by atomic mass is 79.9. The maximum Gasteiger partial charge on any atom is 0.238 e. The van der Waals surface area contributed by atoms with Crippen LogP contribution in [0.4, 0.5) is 5.69 Å². The first kappa shape index (κ1) is 8.33. The number of halogens is 1. The maximum atomic E-state index is 5.01. The highest BCUT2D eigenvalue weighted by Gasteiger charge is 2.01. The third-order valence-electron chi connectivity index (χ3n) is 1.29. The topological polar surface area (TPSA) is 34.2 Å². The van der Waals surface area contributed by atoms with Gasteiger partial charge in [-0.1, -0.05) is 0 Å². The number of hydrogen-bond donors (Lipinski definition) is 1. The summed E-state index contributed by atoms with van der Waals surface area (Å²) < 4.78 is 5.79. The van der Waals surface area contributed by atoms with Gasteiger partial charge in [-0.05, 0) is 28.1 Å². The van der Waals surface area contributed by atoms with Crippen LogP contribution in [0.25, 0.3) is 0 Å². The van der Waals surface area contributed by atoms with Gasteiger partial charge < -0.3 is 10.1 Å². The Morgan fingerprint density at radius 1 is 1.55 bits per heavy atom. The summed E-state index contributed by atoms with van der Waals surface area (Å²) in [4.78, 5) is 4.09. The van der Waals surface area contributed by atoms with Crippen LogP contribution in [0.3, 0.4) is 0 Å². The lowest BCUT2D eigenvalue weighted by Gasteiger charge is -2.05. The molecule has 0 atom stereocenters. The average Bonchev–Trinajstić information content (AvgIpc) is 2.04. The van der Waals surface area contributed by atoms with E-state index in [1.165, 1.54) is 0 Å². The number of aromatic nitrogens is 1. The predicted molar refractivity (Wildman–Crippen MR) is 48.0 cm³/mol. The molecule has 11 heavy (non-hydrogen) atoms. The van der Waals surface area contributed by atoms with Crippen LogP contribution in [-0.4, -0.2) is 19.1 Å². The minimum absolute atomic E-state index is 0.599. The summed E-state index contributed by atoms with van der Waals surface area (Å²) in [6.07, 6.45) is 0. The molecule has 0 aliphatic heterocycles. The summed E-state index contributed by atoms with van der Waals surface area (Å²) in [6, 6.07) is 3.75. The molecule has 1 rings (SSSR count). The summed E-state index contributed by atoms with van der Waals surface area (Å²) in [5, 5.41) is 2.97. The molecule has 0 aromatic carbocycles. The lowest BCUT2D eigenvalue weighted by Crippen LogP contribution is -1.95. The van der Waals surface area contributed by atoms with Crippen molar-refractivity contribution in [3.63, 3.8) is 0 Å². The second-order valence-corrected chi connectivity index (χ2v) is 2.75. The maximum absolute atomic E-state index is 5.01. The monoisotopic (exact) mass is 216 g/mol. The van der Waals surface area contributed by atoms with Crippen molar-refractivity contribution in [3.8, 4) is 5.88 Å². The first-order chi connectivity index (χ1) is 5.27. The summed E-state index contributed by atoms with van der Waals surface area (Å²) >= 11 is 3.25. The summed E-state index contributed by atoms with van der Waals surface area (Å²) in [5.74, 6) is 0.599. The number of nitrogens with one attached hydrogen (secondary N) is 1. The molecule has 0 aliphatic rings. The summed E-state index contributed by atoms with van der Waals surface area (Å²) in [5.41, 5.74) is 0.885. The van der Waals surface area contributed by atoms with Crippen LogP contribution >= 0.6 is 15.9 Å². The van der Waals surface area contributed by atoms with Crippen LogP contribution in [0.1, 0.15) is 0 Å². The fourth-order valence-electron chi connectivity index (χ4n) is 0.764. The molecular weight excluding hydrogens is 208 g/mol. The zero-order valence-corrected chi connectivity index (χ0v) is 7.97. The van der Waals surface area contributed by atoms with E-state index in [2.05, 4.69) is 26.2 Å². The molecule has 0 saturated heterocycles. The smallest absolute Gasteiger partial charge is 0.238 e. The Bertz CT molecular complexity index is 252. The highest BCUT2D eigenvalue weighted by molar-refractivity contribution is 9.10. The molecule has 1 aromatic rings. The third-order valence-corrected chi connectivity index (χ3v) is 1.73. The number of rotatable bonds is 2. The number of pyridine rings is 1. The minimum Gasteiger partial charge on any atom is -0.479 e.